The average molecular weight is 191 g/mol. The Morgan fingerprint density at radius 3 is 3.00 bits per heavy atom. The quantitative estimate of drug-likeness (QED) is 0.669. The van der Waals surface area contributed by atoms with Crippen LogP contribution in [0.25, 0.3) is 0 Å². The summed E-state index contributed by atoms with van der Waals surface area (Å²) < 4.78 is 12.9. The van der Waals surface area contributed by atoms with E-state index in [1.54, 1.807) is 18.3 Å². The number of hydrogen-bond donors (Lipinski definition) is 0. The molecule has 2 nitrogen and oxygen atoms in total. The molecule has 2 rings (SSSR count). The Balaban J connectivity index is 2.26. The molecule has 0 N–H and O–H groups in total. The lowest BCUT2D eigenvalue weighted by molar-refractivity contribution is -0.118. The van der Waals surface area contributed by atoms with Crippen LogP contribution >= 0.6 is 0 Å². The van der Waals surface area contributed by atoms with Gasteiger partial charge in [0, 0.05) is 19.1 Å². The zero-order valence-corrected chi connectivity index (χ0v) is 7.61. The third kappa shape index (κ3) is 1.87. The maximum atomic E-state index is 12.9. The van der Waals surface area contributed by atoms with Crippen molar-refractivity contribution in [3.05, 3.63) is 35.6 Å². The van der Waals surface area contributed by atoms with Gasteiger partial charge >= 0.3 is 0 Å². The Morgan fingerprint density at radius 2 is 2.29 bits per heavy atom. The molecule has 0 saturated heterocycles. The summed E-state index contributed by atoms with van der Waals surface area (Å²) in [6.45, 7) is 0. The number of rotatable bonds is 1. The van der Waals surface area contributed by atoms with Crippen molar-refractivity contribution in [1.82, 2.24) is 0 Å². The van der Waals surface area contributed by atoms with E-state index in [-0.39, 0.29) is 17.6 Å². The van der Waals surface area contributed by atoms with Crippen LogP contribution in [0.3, 0.4) is 0 Å². The number of ketones is 1. The molecule has 1 heterocycles. The smallest absolute Gasteiger partial charge is 0.140 e. The SMILES string of the molecule is O=C1CC=N[C@H](c2cccc(F)c2)C1. The molecule has 0 amide bonds. The fraction of sp³-hybridized carbons (Fsp3) is 0.273. The zero-order chi connectivity index (χ0) is 9.97. The fourth-order valence-corrected chi connectivity index (χ4v) is 1.55. The number of carbonyl (C=O) groups excluding carboxylic acids is 1. The fourth-order valence-electron chi connectivity index (χ4n) is 1.55. The van der Waals surface area contributed by atoms with Gasteiger partial charge in [0.25, 0.3) is 0 Å². The van der Waals surface area contributed by atoms with Crippen molar-refractivity contribution in [1.29, 1.82) is 0 Å². The van der Waals surface area contributed by atoms with Crippen LogP contribution in [-0.2, 0) is 4.79 Å². The molecule has 0 aromatic heterocycles. The average Bonchev–Trinajstić information content (AvgIpc) is 2.18. The van der Waals surface area contributed by atoms with Crippen molar-refractivity contribution in [2.24, 2.45) is 4.99 Å². The molecule has 72 valence electrons. The van der Waals surface area contributed by atoms with Gasteiger partial charge in [-0.15, -0.1) is 0 Å². The van der Waals surface area contributed by atoms with E-state index in [0.717, 1.165) is 5.56 Å². The van der Waals surface area contributed by atoms with Gasteiger partial charge in [0.05, 0.1) is 6.04 Å². The summed E-state index contributed by atoms with van der Waals surface area (Å²) in [5, 5.41) is 0. The van der Waals surface area contributed by atoms with Crippen LogP contribution in [0.4, 0.5) is 4.39 Å². The minimum atomic E-state index is -0.282. The largest absolute Gasteiger partial charge is 0.299 e. The molecular formula is C11H10FNO. The number of hydrogen-bond acceptors (Lipinski definition) is 2. The van der Waals surface area contributed by atoms with Gasteiger partial charge in [-0.05, 0) is 17.7 Å². The van der Waals surface area contributed by atoms with Crippen LogP contribution in [0.2, 0.25) is 0 Å². The first-order valence-electron chi connectivity index (χ1n) is 4.54. The maximum absolute atomic E-state index is 12.9. The van der Waals surface area contributed by atoms with E-state index in [1.165, 1.54) is 12.1 Å². The van der Waals surface area contributed by atoms with Gasteiger partial charge in [-0.25, -0.2) is 4.39 Å². The molecule has 14 heavy (non-hydrogen) atoms. The van der Waals surface area contributed by atoms with Crippen molar-refractivity contribution < 1.29 is 9.18 Å². The number of carbonyl (C=O) groups is 1. The van der Waals surface area contributed by atoms with E-state index in [1.807, 2.05) is 0 Å². The van der Waals surface area contributed by atoms with E-state index in [4.69, 9.17) is 0 Å². The number of Topliss-reactive ketones (excluding diaryl/α,β-unsaturated/α-hetero) is 1. The molecule has 0 bridgehead atoms. The summed E-state index contributed by atoms with van der Waals surface area (Å²) in [7, 11) is 0. The summed E-state index contributed by atoms with van der Waals surface area (Å²) in [4.78, 5) is 15.3. The lowest BCUT2D eigenvalue weighted by Gasteiger charge is -2.15. The molecule has 1 aromatic rings. The number of aliphatic imine (C=N–C) groups is 1. The zero-order valence-electron chi connectivity index (χ0n) is 7.61. The molecule has 1 aliphatic rings. The van der Waals surface area contributed by atoms with Gasteiger partial charge in [0.1, 0.15) is 11.6 Å². The summed E-state index contributed by atoms with van der Waals surface area (Å²) in [6, 6.07) is 6.06. The second kappa shape index (κ2) is 3.70. The Hall–Kier alpha value is -1.51. The van der Waals surface area contributed by atoms with E-state index >= 15 is 0 Å². The predicted molar refractivity (Wildman–Crippen MR) is 51.9 cm³/mol. The molecule has 0 spiro atoms. The highest BCUT2D eigenvalue weighted by atomic mass is 19.1. The monoisotopic (exact) mass is 191 g/mol. The van der Waals surface area contributed by atoms with Crippen LogP contribution in [0.1, 0.15) is 24.4 Å². The lowest BCUT2D eigenvalue weighted by Crippen LogP contribution is -2.11. The normalized spacial score (nSPS) is 21.2. The third-order valence-corrected chi connectivity index (χ3v) is 2.26. The highest BCUT2D eigenvalue weighted by Gasteiger charge is 2.17. The van der Waals surface area contributed by atoms with Gasteiger partial charge in [-0.2, -0.15) is 0 Å². The Labute approximate surface area is 81.5 Å². The van der Waals surface area contributed by atoms with Gasteiger partial charge in [0.15, 0.2) is 0 Å². The van der Waals surface area contributed by atoms with Crippen LogP contribution in [0.15, 0.2) is 29.3 Å². The van der Waals surface area contributed by atoms with Crippen LogP contribution in [0, 0.1) is 5.82 Å². The minimum absolute atomic E-state index is 0.161. The Bertz CT molecular complexity index is 387. The molecular weight excluding hydrogens is 181 g/mol. The van der Waals surface area contributed by atoms with Gasteiger partial charge in [-0.3, -0.25) is 9.79 Å². The minimum Gasteiger partial charge on any atom is -0.299 e. The van der Waals surface area contributed by atoms with Crippen molar-refractivity contribution >= 4 is 12.0 Å². The van der Waals surface area contributed by atoms with Crippen molar-refractivity contribution in [2.45, 2.75) is 18.9 Å². The standard InChI is InChI=1S/C11H10FNO/c12-9-3-1-2-8(6-9)11-7-10(14)4-5-13-11/h1-3,5-6,11H,4,7H2/t11-/m0/s1. The van der Waals surface area contributed by atoms with Crippen LogP contribution in [0.5, 0.6) is 0 Å². The summed E-state index contributed by atoms with van der Waals surface area (Å²) in [5.41, 5.74) is 0.773. The molecule has 0 aliphatic carbocycles. The first kappa shape index (κ1) is 9.06. The van der Waals surface area contributed by atoms with Gasteiger partial charge in [-0.1, -0.05) is 12.1 Å². The van der Waals surface area contributed by atoms with Crippen molar-refractivity contribution in [3.63, 3.8) is 0 Å². The first-order chi connectivity index (χ1) is 6.75. The van der Waals surface area contributed by atoms with E-state index < -0.39 is 0 Å². The van der Waals surface area contributed by atoms with Crippen molar-refractivity contribution in [3.8, 4) is 0 Å². The number of halogens is 1. The van der Waals surface area contributed by atoms with Gasteiger partial charge < -0.3 is 0 Å². The molecule has 1 aromatic carbocycles. The lowest BCUT2D eigenvalue weighted by atomic mass is 9.99. The molecule has 0 saturated carbocycles. The molecule has 3 heteroatoms. The second-order valence-electron chi connectivity index (χ2n) is 3.35. The van der Waals surface area contributed by atoms with Crippen LogP contribution < -0.4 is 0 Å². The molecule has 0 unspecified atom stereocenters. The Kier molecular flexibility index (Phi) is 2.39. The second-order valence-corrected chi connectivity index (χ2v) is 3.35. The third-order valence-electron chi connectivity index (χ3n) is 2.26. The van der Waals surface area contributed by atoms with Gasteiger partial charge in [0.2, 0.25) is 0 Å². The summed E-state index contributed by atoms with van der Waals surface area (Å²) in [5.74, 6) is -0.120. The number of nitrogens with zero attached hydrogens (tertiary/aromatic N) is 1. The topological polar surface area (TPSA) is 29.4 Å². The molecule has 1 aliphatic heterocycles. The highest BCUT2D eigenvalue weighted by Crippen LogP contribution is 2.24. The molecule has 0 fully saturated rings. The maximum Gasteiger partial charge on any atom is 0.140 e. The Morgan fingerprint density at radius 1 is 1.43 bits per heavy atom. The molecule has 0 radical (unpaired) electrons. The summed E-state index contributed by atoms with van der Waals surface area (Å²) in [6.07, 6.45) is 2.41. The predicted octanol–water partition coefficient (Wildman–Crippen LogP) is 2.30. The number of benzene rings is 1. The van der Waals surface area contributed by atoms with E-state index in [2.05, 4.69) is 4.99 Å². The van der Waals surface area contributed by atoms with E-state index in [0.29, 0.717) is 12.8 Å². The van der Waals surface area contributed by atoms with Crippen LogP contribution in [-0.4, -0.2) is 12.0 Å². The van der Waals surface area contributed by atoms with Crippen molar-refractivity contribution in [2.75, 3.05) is 0 Å². The summed E-state index contributed by atoms with van der Waals surface area (Å²) >= 11 is 0. The first-order valence-corrected chi connectivity index (χ1v) is 4.54. The highest BCUT2D eigenvalue weighted by molar-refractivity contribution is 5.93. The van der Waals surface area contributed by atoms with E-state index in [9.17, 15) is 9.18 Å². The molecule has 1 atom stereocenters.